The molecule has 0 heteroatoms. The van der Waals surface area contributed by atoms with Crippen molar-refractivity contribution < 1.29 is 0 Å². The molecule has 0 unspecified atom stereocenters. The van der Waals surface area contributed by atoms with Crippen molar-refractivity contribution in [3.63, 3.8) is 0 Å². The molecule has 0 bridgehead atoms. The first kappa shape index (κ1) is 35.2. The van der Waals surface area contributed by atoms with Gasteiger partial charge in [-0.15, -0.1) is 0 Å². The van der Waals surface area contributed by atoms with E-state index in [1.54, 1.807) is 11.1 Å². The van der Waals surface area contributed by atoms with Crippen LogP contribution >= 0.6 is 0 Å². The number of benzene rings is 4. The molecule has 0 heterocycles. The summed E-state index contributed by atoms with van der Waals surface area (Å²) < 4.78 is 0. The van der Waals surface area contributed by atoms with E-state index in [9.17, 15) is 0 Å². The zero-order valence-corrected chi connectivity index (χ0v) is 31.9. The van der Waals surface area contributed by atoms with Gasteiger partial charge < -0.3 is 0 Å². The molecule has 0 spiro atoms. The van der Waals surface area contributed by atoms with E-state index in [-0.39, 0.29) is 10.8 Å². The van der Waals surface area contributed by atoms with Gasteiger partial charge in [0, 0.05) is 12.8 Å². The van der Waals surface area contributed by atoms with Crippen molar-refractivity contribution in [2.24, 2.45) is 11.8 Å². The van der Waals surface area contributed by atoms with E-state index in [4.69, 9.17) is 0 Å². The molecule has 0 saturated heterocycles. The second kappa shape index (κ2) is 13.9. The molecule has 0 nitrogen and oxygen atoms in total. The Morgan fingerprint density at radius 2 is 0.837 bits per heavy atom. The van der Waals surface area contributed by atoms with Crippen molar-refractivity contribution in [2.45, 2.75) is 112 Å². The van der Waals surface area contributed by atoms with E-state index in [0.717, 1.165) is 32.1 Å². The van der Waals surface area contributed by atoms with Crippen LogP contribution in [0.15, 0.2) is 96.1 Å². The zero-order valence-electron chi connectivity index (χ0n) is 31.9. The van der Waals surface area contributed by atoms with Gasteiger partial charge in [-0.3, -0.25) is 0 Å². The lowest BCUT2D eigenvalue weighted by atomic mass is 9.84. The minimum atomic E-state index is 0.148. The normalized spacial score (nSPS) is 14.8. The van der Waals surface area contributed by atoms with E-state index < -0.39 is 0 Å². The third-order valence-corrected chi connectivity index (χ3v) is 10.5. The van der Waals surface area contributed by atoms with Gasteiger partial charge in [0.2, 0.25) is 0 Å². The molecule has 2 aliphatic carbocycles. The van der Waals surface area contributed by atoms with Crippen LogP contribution in [0, 0.1) is 24.7 Å². The smallest absolute Gasteiger partial charge is 0.0167 e. The number of rotatable bonds is 10. The van der Waals surface area contributed by atoms with Gasteiger partial charge in [-0.25, -0.2) is 0 Å². The molecule has 2 aliphatic rings. The van der Waals surface area contributed by atoms with Crippen LogP contribution < -0.4 is 0 Å². The molecule has 4 aromatic rings. The molecule has 4 aromatic carbocycles. The van der Waals surface area contributed by atoms with Crippen LogP contribution in [0.4, 0.5) is 0 Å². The Morgan fingerprint density at radius 1 is 0.469 bits per heavy atom. The molecular weight excluding hydrogens is 589 g/mol. The third-order valence-electron chi connectivity index (χ3n) is 10.5. The third kappa shape index (κ3) is 7.60. The predicted molar refractivity (Wildman–Crippen MR) is 215 cm³/mol. The molecular formula is C49H58. The standard InChI is InChI=1S/C49H58/c1-32(2)28-38-30-36-14-11-16-42(34-20-24-40(25-21-34)48(5,6)7)46(36)44(38)18-13-19-45-39(29-33(3)4)31-37-15-12-17-43(47(37)45)35-22-26-41(27-23-35)49(8,9)10/h11-12,14-17,20-27,30-33H,13,18-19,28-29H2,1-10H3. The fourth-order valence-corrected chi connectivity index (χ4v) is 7.96. The lowest BCUT2D eigenvalue weighted by molar-refractivity contribution is 0.590. The minimum Gasteiger partial charge on any atom is -0.0625 e. The van der Waals surface area contributed by atoms with Crippen molar-refractivity contribution in [3.05, 3.63) is 142 Å². The summed E-state index contributed by atoms with van der Waals surface area (Å²) in [5.41, 5.74) is 20.4. The van der Waals surface area contributed by atoms with Crippen LogP contribution in [0.25, 0.3) is 33.4 Å². The average Bonchev–Trinajstić information content (AvgIpc) is 3.56. The molecule has 0 fully saturated rings. The summed E-state index contributed by atoms with van der Waals surface area (Å²) in [4.78, 5) is 0. The minimum absolute atomic E-state index is 0.148. The first-order valence-corrected chi connectivity index (χ1v) is 18.8. The van der Waals surface area contributed by atoms with Crippen LogP contribution in [0.3, 0.4) is 0 Å². The second-order valence-corrected chi connectivity index (χ2v) is 17.5. The Bertz CT molecular complexity index is 1720. The highest BCUT2D eigenvalue weighted by atomic mass is 14.3. The van der Waals surface area contributed by atoms with Gasteiger partial charge in [-0.1, -0.05) is 165 Å². The number of hydrogen-bond donors (Lipinski definition) is 0. The fourth-order valence-electron chi connectivity index (χ4n) is 7.96. The second-order valence-electron chi connectivity index (χ2n) is 17.5. The average molecular weight is 647 g/mol. The highest BCUT2D eigenvalue weighted by Crippen LogP contribution is 2.48. The van der Waals surface area contributed by atoms with E-state index in [0.29, 0.717) is 11.8 Å². The predicted octanol–water partition coefficient (Wildman–Crippen LogP) is 14.2. The van der Waals surface area contributed by atoms with Crippen molar-refractivity contribution >= 4 is 11.1 Å². The van der Waals surface area contributed by atoms with Gasteiger partial charge in [0.05, 0.1) is 0 Å². The molecule has 49 heavy (non-hydrogen) atoms. The maximum atomic E-state index is 2.50. The van der Waals surface area contributed by atoms with Gasteiger partial charge in [-0.05, 0) is 122 Å². The van der Waals surface area contributed by atoms with Crippen molar-refractivity contribution in [2.75, 3.05) is 0 Å². The van der Waals surface area contributed by atoms with Gasteiger partial charge >= 0.3 is 0 Å². The zero-order chi connectivity index (χ0) is 35.1. The fraction of sp³-hybridized carbons (Fsp3) is 0.388. The number of fused-ring (bicyclic) bond motifs is 2. The summed E-state index contributed by atoms with van der Waals surface area (Å²) in [6, 6.07) is 32.6. The summed E-state index contributed by atoms with van der Waals surface area (Å²) in [5, 5.41) is 0. The summed E-state index contributed by atoms with van der Waals surface area (Å²) in [7, 11) is 0. The van der Waals surface area contributed by atoms with Gasteiger partial charge in [-0.2, -0.15) is 0 Å². The molecule has 0 N–H and O–H groups in total. The molecule has 6 rings (SSSR count). The van der Waals surface area contributed by atoms with Crippen LogP contribution in [0.1, 0.15) is 135 Å². The molecule has 0 atom stereocenters. The largest absolute Gasteiger partial charge is 0.0625 e. The topological polar surface area (TPSA) is 0 Å². The monoisotopic (exact) mass is 646 g/mol. The summed E-state index contributed by atoms with van der Waals surface area (Å²) in [6.45, 7) is 23.2. The highest BCUT2D eigenvalue weighted by molar-refractivity contribution is 5.92. The molecule has 0 saturated carbocycles. The first-order chi connectivity index (χ1) is 23.2. The van der Waals surface area contributed by atoms with Crippen LogP contribution in [0.2, 0.25) is 0 Å². The molecule has 254 valence electrons. The quantitative estimate of drug-likeness (QED) is 0.161. The molecule has 0 amide bonds. The lowest BCUT2D eigenvalue weighted by Crippen LogP contribution is -2.10. The molecule has 0 aliphatic heterocycles. The summed E-state index contributed by atoms with van der Waals surface area (Å²) >= 11 is 0. The lowest BCUT2D eigenvalue weighted by Gasteiger charge is -2.20. The Balaban J connectivity index is 1.33. The Hall–Kier alpha value is -3.64. The maximum Gasteiger partial charge on any atom is 0.0167 e. The van der Waals surface area contributed by atoms with Crippen molar-refractivity contribution in [1.82, 2.24) is 0 Å². The van der Waals surface area contributed by atoms with E-state index in [2.05, 4.69) is 167 Å². The SMILES string of the molecule is CC(C)CC1=C(CCCC2=C(CC(C)C)[CH]c3cccc(-c4ccc(C(C)(C)C)cc4)c32)c2c(cccc2-c2ccc(C(C)(C)C)cc2)[CH]1. The first-order valence-electron chi connectivity index (χ1n) is 18.8. The van der Waals surface area contributed by atoms with Crippen molar-refractivity contribution in [1.29, 1.82) is 0 Å². The van der Waals surface area contributed by atoms with Crippen LogP contribution in [-0.2, 0) is 10.8 Å². The van der Waals surface area contributed by atoms with Gasteiger partial charge in [0.15, 0.2) is 0 Å². The Morgan fingerprint density at radius 3 is 1.16 bits per heavy atom. The Kier molecular flexibility index (Phi) is 10.0. The number of allylic oxidation sites excluding steroid dienone is 4. The van der Waals surface area contributed by atoms with Crippen molar-refractivity contribution in [3.8, 4) is 22.3 Å². The number of hydrogen-bond acceptors (Lipinski definition) is 0. The summed E-state index contributed by atoms with van der Waals surface area (Å²) in [5.74, 6) is 1.24. The molecule has 0 aromatic heterocycles. The molecule has 2 radical (unpaired) electrons. The maximum absolute atomic E-state index is 2.50. The van der Waals surface area contributed by atoms with Crippen LogP contribution in [0.5, 0.6) is 0 Å². The van der Waals surface area contributed by atoms with Gasteiger partial charge in [0.1, 0.15) is 0 Å². The highest BCUT2D eigenvalue weighted by Gasteiger charge is 2.28. The van der Waals surface area contributed by atoms with E-state index >= 15 is 0 Å². The Labute approximate surface area is 298 Å². The van der Waals surface area contributed by atoms with E-state index in [1.807, 2.05) is 0 Å². The summed E-state index contributed by atoms with van der Waals surface area (Å²) in [6.07, 6.45) is 10.6. The van der Waals surface area contributed by atoms with E-state index in [1.165, 1.54) is 66.8 Å². The van der Waals surface area contributed by atoms with Gasteiger partial charge in [0.25, 0.3) is 0 Å². The van der Waals surface area contributed by atoms with Crippen LogP contribution in [-0.4, -0.2) is 0 Å².